The minimum Gasteiger partial charge on any atom is -0.340 e. The van der Waals surface area contributed by atoms with Crippen LogP contribution in [0.3, 0.4) is 0 Å². The normalized spacial score (nSPS) is 12.5. The Morgan fingerprint density at radius 2 is 1.76 bits per heavy atom. The number of hydrogen-bond acceptors (Lipinski definition) is 4. The summed E-state index contributed by atoms with van der Waals surface area (Å²) in [6, 6.07) is 14.5. The maximum Gasteiger partial charge on any atom is 0.421 e. The fraction of sp³-hybridized carbons (Fsp3) is 0.238. The third-order valence-electron chi connectivity index (χ3n) is 4.53. The third-order valence-corrected chi connectivity index (χ3v) is 5.02. The molecular formula is C21H20BrF3N4. The molecule has 2 N–H and O–H groups in total. The highest BCUT2D eigenvalue weighted by molar-refractivity contribution is 9.10. The summed E-state index contributed by atoms with van der Waals surface area (Å²) in [5.41, 5.74) is 1.44. The first-order valence-corrected chi connectivity index (χ1v) is 9.89. The highest BCUT2D eigenvalue weighted by Gasteiger charge is 2.35. The predicted octanol–water partition coefficient (Wildman–Crippen LogP) is 7.26. The van der Waals surface area contributed by atoms with Crippen LogP contribution < -0.4 is 10.6 Å². The Labute approximate surface area is 175 Å². The number of rotatable bonds is 6. The molecule has 0 bridgehead atoms. The van der Waals surface area contributed by atoms with Crippen molar-refractivity contribution in [3.63, 3.8) is 0 Å². The van der Waals surface area contributed by atoms with Crippen LogP contribution in [0.25, 0.3) is 0 Å². The minimum atomic E-state index is -4.58. The summed E-state index contributed by atoms with van der Waals surface area (Å²) >= 11 is 3.31. The Hall–Kier alpha value is -2.61. The molecule has 0 amide bonds. The second kappa shape index (κ2) is 8.82. The smallest absolute Gasteiger partial charge is 0.340 e. The summed E-state index contributed by atoms with van der Waals surface area (Å²) in [6.07, 6.45) is -2.77. The molecule has 1 atom stereocenters. The summed E-state index contributed by atoms with van der Waals surface area (Å²) in [5, 5.41) is 5.70. The number of nitrogens with one attached hydrogen (secondary N) is 2. The van der Waals surface area contributed by atoms with E-state index in [9.17, 15) is 13.2 Å². The van der Waals surface area contributed by atoms with Gasteiger partial charge in [0, 0.05) is 22.0 Å². The summed E-state index contributed by atoms with van der Waals surface area (Å²) in [4.78, 5) is 7.91. The molecule has 29 heavy (non-hydrogen) atoms. The quantitative estimate of drug-likeness (QED) is 0.402. The molecule has 3 rings (SSSR count). The van der Waals surface area contributed by atoms with Gasteiger partial charge in [-0.15, -0.1) is 0 Å². The molecule has 2 aromatic carbocycles. The summed E-state index contributed by atoms with van der Waals surface area (Å²) in [5.74, 6) is 0.198. The lowest BCUT2D eigenvalue weighted by molar-refractivity contribution is -0.137. The van der Waals surface area contributed by atoms with Gasteiger partial charge in [-0.2, -0.15) is 18.2 Å². The zero-order valence-corrected chi connectivity index (χ0v) is 17.5. The molecular weight excluding hydrogens is 445 g/mol. The lowest BCUT2D eigenvalue weighted by Crippen LogP contribution is -2.12. The Kier molecular flexibility index (Phi) is 6.42. The fourth-order valence-corrected chi connectivity index (χ4v) is 3.11. The van der Waals surface area contributed by atoms with Crippen LogP contribution in [-0.4, -0.2) is 9.97 Å². The van der Waals surface area contributed by atoms with Gasteiger partial charge in [0.1, 0.15) is 11.4 Å². The van der Waals surface area contributed by atoms with Crippen molar-refractivity contribution in [2.75, 3.05) is 10.6 Å². The van der Waals surface area contributed by atoms with Crippen LogP contribution in [0.2, 0.25) is 0 Å². The standard InChI is InChI=1S/C21H20BrF3N4/c1-3-13(2)14-7-9-16(10-8-14)28-20-26-12-18(21(23,24)25)19(29-20)27-17-6-4-5-15(22)11-17/h4-13H,3H2,1-2H3,(H2,26,27,28,29). The minimum absolute atomic E-state index is 0.0757. The molecule has 1 aromatic heterocycles. The van der Waals surface area contributed by atoms with Crippen molar-refractivity contribution >= 4 is 39.1 Å². The van der Waals surface area contributed by atoms with Gasteiger partial charge in [0.05, 0.1) is 0 Å². The van der Waals surface area contributed by atoms with Gasteiger partial charge in [-0.1, -0.05) is 48.0 Å². The van der Waals surface area contributed by atoms with Gasteiger partial charge < -0.3 is 10.6 Å². The molecule has 0 spiro atoms. The van der Waals surface area contributed by atoms with Gasteiger partial charge >= 0.3 is 6.18 Å². The highest BCUT2D eigenvalue weighted by atomic mass is 79.9. The molecule has 0 aliphatic heterocycles. The van der Waals surface area contributed by atoms with Crippen LogP contribution in [0, 0.1) is 0 Å². The number of aromatic nitrogens is 2. The first-order chi connectivity index (χ1) is 13.8. The molecule has 0 saturated carbocycles. The van der Waals surface area contributed by atoms with E-state index in [0.29, 0.717) is 17.3 Å². The molecule has 1 unspecified atom stereocenters. The Morgan fingerprint density at radius 3 is 2.38 bits per heavy atom. The van der Waals surface area contributed by atoms with Crippen molar-refractivity contribution in [3.05, 3.63) is 70.3 Å². The number of alkyl halides is 3. The van der Waals surface area contributed by atoms with Crippen molar-refractivity contribution < 1.29 is 13.2 Å². The van der Waals surface area contributed by atoms with E-state index in [2.05, 4.69) is 50.4 Å². The Bertz CT molecular complexity index is 974. The van der Waals surface area contributed by atoms with E-state index >= 15 is 0 Å². The molecule has 8 heteroatoms. The monoisotopic (exact) mass is 464 g/mol. The molecule has 1 heterocycles. The fourth-order valence-electron chi connectivity index (χ4n) is 2.71. The van der Waals surface area contributed by atoms with E-state index in [1.807, 2.05) is 24.3 Å². The predicted molar refractivity (Wildman–Crippen MR) is 113 cm³/mol. The lowest BCUT2D eigenvalue weighted by atomic mass is 9.99. The van der Waals surface area contributed by atoms with Gasteiger partial charge in [0.25, 0.3) is 0 Å². The van der Waals surface area contributed by atoms with Crippen molar-refractivity contribution in [1.29, 1.82) is 0 Å². The van der Waals surface area contributed by atoms with Gasteiger partial charge in [0.2, 0.25) is 5.95 Å². The molecule has 152 valence electrons. The topological polar surface area (TPSA) is 49.8 Å². The number of benzene rings is 2. The molecule has 0 radical (unpaired) electrons. The van der Waals surface area contributed by atoms with Gasteiger partial charge in [-0.05, 0) is 48.2 Å². The van der Waals surface area contributed by atoms with E-state index in [-0.39, 0.29) is 11.8 Å². The SMILES string of the molecule is CCC(C)c1ccc(Nc2ncc(C(F)(F)F)c(Nc3cccc(Br)c3)n2)cc1. The average molecular weight is 465 g/mol. The molecule has 0 fully saturated rings. The first-order valence-electron chi connectivity index (χ1n) is 9.10. The first kappa shape index (κ1) is 21.1. The van der Waals surface area contributed by atoms with Gasteiger partial charge in [-0.25, -0.2) is 4.98 Å². The number of nitrogens with zero attached hydrogens (tertiary/aromatic N) is 2. The summed E-state index contributed by atoms with van der Waals surface area (Å²) in [6.45, 7) is 4.26. The number of hydrogen-bond donors (Lipinski definition) is 2. The van der Waals surface area contributed by atoms with E-state index in [1.54, 1.807) is 24.3 Å². The van der Waals surface area contributed by atoms with Crippen molar-refractivity contribution in [2.24, 2.45) is 0 Å². The van der Waals surface area contributed by atoms with Crippen LogP contribution >= 0.6 is 15.9 Å². The van der Waals surface area contributed by atoms with E-state index in [1.165, 1.54) is 5.56 Å². The van der Waals surface area contributed by atoms with E-state index < -0.39 is 11.7 Å². The third kappa shape index (κ3) is 5.47. The molecule has 0 aliphatic carbocycles. The number of halogens is 4. The van der Waals surface area contributed by atoms with E-state index in [4.69, 9.17) is 0 Å². The molecule has 0 aliphatic rings. The lowest BCUT2D eigenvalue weighted by Gasteiger charge is -2.15. The largest absolute Gasteiger partial charge is 0.421 e. The van der Waals surface area contributed by atoms with Crippen molar-refractivity contribution in [1.82, 2.24) is 9.97 Å². The van der Waals surface area contributed by atoms with Crippen LogP contribution in [0.4, 0.5) is 36.3 Å². The molecule has 0 saturated heterocycles. The van der Waals surface area contributed by atoms with Crippen LogP contribution in [0.15, 0.2) is 59.2 Å². The Morgan fingerprint density at radius 1 is 1.03 bits per heavy atom. The second-order valence-electron chi connectivity index (χ2n) is 6.65. The Balaban J connectivity index is 1.88. The van der Waals surface area contributed by atoms with Crippen LogP contribution in [-0.2, 0) is 6.18 Å². The second-order valence-corrected chi connectivity index (χ2v) is 7.56. The average Bonchev–Trinajstić information content (AvgIpc) is 2.67. The van der Waals surface area contributed by atoms with Crippen LogP contribution in [0.5, 0.6) is 0 Å². The van der Waals surface area contributed by atoms with Crippen molar-refractivity contribution in [2.45, 2.75) is 32.4 Å². The maximum atomic E-state index is 13.4. The molecule has 4 nitrogen and oxygen atoms in total. The molecule has 3 aromatic rings. The highest BCUT2D eigenvalue weighted by Crippen LogP contribution is 2.35. The summed E-state index contributed by atoms with van der Waals surface area (Å²) < 4.78 is 40.9. The summed E-state index contributed by atoms with van der Waals surface area (Å²) in [7, 11) is 0. The van der Waals surface area contributed by atoms with E-state index in [0.717, 1.165) is 17.1 Å². The zero-order valence-electron chi connectivity index (χ0n) is 15.9. The van der Waals surface area contributed by atoms with Gasteiger partial charge in [-0.3, -0.25) is 0 Å². The van der Waals surface area contributed by atoms with Crippen molar-refractivity contribution in [3.8, 4) is 0 Å². The number of anilines is 4. The zero-order chi connectivity index (χ0) is 21.0. The maximum absolute atomic E-state index is 13.4. The van der Waals surface area contributed by atoms with Gasteiger partial charge in [0.15, 0.2) is 0 Å². The van der Waals surface area contributed by atoms with Crippen LogP contribution in [0.1, 0.15) is 37.3 Å².